The van der Waals surface area contributed by atoms with Gasteiger partial charge in [-0.1, -0.05) is 93.3 Å². The number of likely N-dealkylation sites (N-methyl/N-ethyl adjacent to an activating group) is 1. The number of hydrogen-bond donors (Lipinski definition) is 1. The number of unbranched alkanes of at least 4 members (excludes halogenated alkanes) is 5. The summed E-state index contributed by atoms with van der Waals surface area (Å²) >= 11 is 0. The number of ether oxygens (including phenoxy) is 1. The molecule has 5 heteroatoms. The van der Waals surface area contributed by atoms with Crippen LogP contribution in [0, 0.1) is 0 Å². The highest BCUT2D eigenvalue weighted by Gasteiger charge is 2.41. The van der Waals surface area contributed by atoms with Crippen LogP contribution in [0.1, 0.15) is 56.6 Å². The number of halogens is 1. The molecule has 2 rings (SSSR count). The largest absolute Gasteiger partial charge is 1.00 e. The second-order valence-corrected chi connectivity index (χ2v) is 8.73. The Hall–Kier alpha value is -1.69. The summed E-state index contributed by atoms with van der Waals surface area (Å²) < 4.78 is 6.41. The van der Waals surface area contributed by atoms with Crippen molar-refractivity contribution in [2.45, 2.75) is 51.0 Å². The van der Waals surface area contributed by atoms with E-state index in [0.717, 1.165) is 17.6 Å². The molecule has 0 radical (unpaired) electrons. The van der Waals surface area contributed by atoms with Gasteiger partial charge in [-0.05, 0) is 24.0 Å². The summed E-state index contributed by atoms with van der Waals surface area (Å²) in [5, 5.41) is 11.4. The highest BCUT2D eigenvalue weighted by Crippen LogP contribution is 2.31. The first kappa shape index (κ1) is 27.3. The molecule has 0 fully saturated rings. The van der Waals surface area contributed by atoms with Crippen molar-refractivity contribution in [3.8, 4) is 0 Å². The Morgan fingerprint density at radius 3 is 1.84 bits per heavy atom. The molecule has 0 bridgehead atoms. The smallest absolute Gasteiger partial charge is 0.347 e. The van der Waals surface area contributed by atoms with E-state index in [1.54, 1.807) is 24.3 Å². The minimum Gasteiger partial charge on any atom is -1.00 e. The van der Waals surface area contributed by atoms with Crippen LogP contribution >= 0.6 is 0 Å². The predicted octanol–water partition coefficient (Wildman–Crippen LogP) is 1.91. The number of esters is 1. The number of quaternary nitrogens is 1. The maximum atomic E-state index is 13.0. The van der Waals surface area contributed by atoms with Crippen molar-refractivity contribution in [1.29, 1.82) is 0 Å². The van der Waals surface area contributed by atoms with E-state index in [-0.39, 0.29) is 23.6 Å². The zero-order valence-corrected chi connectivity index (χ0v) is 20.8. The van der Waals surface area contributed by atoms with E-state index >= 15 is 0 Å². The van der Waals surface area contributed by atoms with Crippen LogP contribution in [0.5, 0.6) is 0 Å². The average molecular weight is 492 g/mol. The van der Waals surface area contributed by atoms with Gasteiger partial charge in [0.2, 0.25) is 5.60 Å². The molecule has 0 saturated carbocycles. The van der Waals surface area contributed by atoms with E-state index in [0.29, 0.717) is 11.1 Å². The Morgan fingerprint density at radius 1 is 0.839 bits per heavy atom. The molecule has 0 amide bonds. The molecule has 0 atom stereocenters. The van der Waals surface area contributed by atoms with Gasteiger partial charge < -0.3 is 31.3 Å². The monoisotopic (exact) mass is 491 g/mol. The first-order valence-corrected chi connectivity index (χ1v) is 11.2. The van der Waals surface area contributed by atoms with E-state index in [1.165, 1.54) is 38.5 Å². The van der Waals surface area contributed by atoms with Crippen molar-refractivity contribution in [1.82, 2.24) is 0 Å². The molecule has 172 valence electrons. The summed E-state index contributed by atoms with van der Waals surface area (Å²) in [6, 6.07) is 18.0. The van der Waals surface area contributed by atoms with Crippen molar-refractivity contribution in [3.05, 3.63) is 71.8 Å². The zero-order chi connectivity index (χ0) is 21.9. The number of carbonyl (C=O) groups excluding carboxylic acids is 1. The quantitative estimate of drug-likeness (QED) is 0.264. The van der Waals surface area contributed by atoms with Crippen molar-refractivity contribution >= 4 is 5.97 Å². The lowest BCUT2D eigenvalue weighted by atomic mass is 9.86. The third-order valence-electron chi connectivity index (χ3n) is 5.73. The second kappa shape index (κ2) is 13.7. The Morgan fingerprint density at radius 2 is 1.32 bits per heavy atom. The van der Waals surface area contributed by atoms with Gasteiger partial charge in [-0.2, -0.15) is 0 Å². The molecule has 0 aromatic heterocycles. The van der Waals surface area contributed by atoms with Crippen molar-refractivity contribution in [2.75, 3.05) is 33.8 Å². The number of hydrogen-bond acceptors (Lipinski definition) is 3. The lowest BCUT2D eigenvalue weighted by Crippen LogP contribution is -3.00. The molecule has 4 nitrogen and oxygen atoms in total. The van der Waals surface area contributed by atoms with Crippen molar-refractivity contribution in [3.63, 3.8) is 0 Å². The van der Waals surface area contributed by atoms with Crippen LogP contribution in [0.2, 0.25) is 0 Å². The third-order valence-corrected chi connectivity index (χ3v) is 5.73. The van der Waals surface area contributed by atoms with Crippen LogP contribution in [-0.2, 0) is 15.1 Å². The van der Waals surface area contributed by atoms with Gasteiger partial charge in [0.15, 0.2) is 0 Å². The molecule has 1 N–H and O–H groups in total. The third kappa shape index (κ3) is 8.40. The molecule has 0 aliphatic heterocycles. The fraction of sp³-hybridized carbons (Fsp3) is 0.500. The fourth-order valence-corrected chi connectivity index (χ4v) is 3.68. The lowest BCUT2D eigenvalue weighted by molar-refractivity contribution is -0.890. The summed E-state index contributed by atoms with van der Waals surface area (Å²) in [5.41, 5.74) is -0.775. The molecule has 2 aromatic rings. The molecule has 0 heterocycles. The average Bonchev–Trinajstić information content (AvgIpc) is 2.76. The van der Waals surface area contributed by atoms with Gasteiger partial charge in [-0.25, -0.2) is 4.79 Å². The topological polar surface area (TPSA) is 46.5 Å². The van der Waals surface area contributed by atoms with Gasteiger partial charge in [-0.15, -0.1) is 0 Å². The van der Waals surface area contributed by atoms with Crippen molar-refractivity contribution in [2.24, 2.45) is 0 Å². The Labute approximate surface area is 198 Å². The van der Waals surface area contributed by atoms with Gasteiger partial charge in [0, 0.05) is 0 Å². The first-order valence-electron chi connectivity index (χ1n) is 11.2. The van der Waals surface area contributed by atoms with Crippen LogP contribution in [0.15, 0.2) is 60.7 Å². The summed E-state index contributed by atoms with van der Waals surface area (Å²) in [4.78, 5) is 13.0. The second-order valence-electron chi connectivity index (χ2n) is 8.73. The fourth-order valence-electron chi connectivity index (χ4n) is 3.68. The molecule has 0 aliphatic carbocycles. The van der Waals surface area contributed by atoms with Gasteiger partial charge in [0.25, 0.3) is 0 Å². The minimum absolute atomic E-state index is 0. The molecular weight excluding hydrogens is 454 g/mol. The first-order chi connectivity index (χ1) is 14.4. The van der Waals surface area contributed by atoms with Gasteiger partial charge in [0.05, 0.1) is 20.6 Å². The summed E-state index contributed by atoms with van der Waals surface area (Å²) in [7, 11) is 4.33. The molecule has 2 aromatic carbocycles. The van der Waals surface area contributed by atoms with Crippen LogP contribution in [0.4, 0.5) is 0 Å². The predicted molar refractivity (Wildman–Crippen MR) is 122 cm³/mol. The molecule has 0 aliphatic rings. The van der Waals surface area contributed by atoms with E-state index in [2.05, 4.69) is 21.0 Å². The molecule has 0 saturated heterocycles. The van der Waals surface area contributed by atoms with Crippen LogP contribution < -0.4 is 17.0 Å². The van der Waals surface area contributed by atoms with Crippen LogP contribution in [-0.4, -0.2) is 49.4 Å². The normalized spacial score (nSPS) is 11.6. The lowest BCUT2D eigenvalue weighted by Gasteiger charge is -2.31. The molecular formula is C26H38BrNO3. The van der Waals surface area contributed by atoms with Gasteiger partial charge in [0.1, 0.15) is 13.2 Å². The van der Waals surface area contributed by atoms with Crippen molar-refractivity contribution < 1.29 is 36.1 Å². The van der Waals surface area contributed by atoms with Gasteiger partial charge >= 0.3 is 5.97 Å². The van der Waals surface area contributed by atoms with Gasteiger partial charge in [-0.3, -0.25) is 0 Å². The standard InChI is InChI=1S/C26H38NO3.BrH/c1-4-5-6-7-8-15-20-27(2,3)21-22-30-25(28)26(29,23-16-11-9-12-17-23)24-18-13-10-14-19-24;/h9-14,16-19,29H,4-8,15,20-22H2,1-3H3;1H/q+1;/p-1. The van der Waals surface area contributed by atoms with E-state index < -0.39 is 11.6 Å². The molecule has 0 unspecified atom stereocenters. The molecule has 0 spiro atoms. The van der Waals surface area contributed by atoms with E-state index in [1.807, 2.05) is 36.4 Å². The summed E-state index contributed by atoms with van der Waals surface area (Å²) in [6.45, 7) is 4.30. The highest BCUT2D eigenvalue weighted by molar-refractivity contribution is 5.85. The number of carbonyl (C=O) groups is 1. The van der Waals surface area contributed by atoms with E-state index in [9.17, 15) is 9.90 Å². The summed E-state index contributed by atoms with van der Waals surface area (Å²) in [6.07, 6.45) is 7.64. The Kier molecular flexibility index (Phi) is 12.1. The highest BCUT2D eigenvalue weighted by atomic mass is 79.9. The zero-order valence-electron chi connectivity index (χ0n) is 19.2. The maximum absolute atomic E-state index is 13.0. The molecule has 31 heavy (non-hydrogen) atoms. The Bertz CT molecular complexity index is 710. The number of rotatable bonds is 13. The number of aliphatic hydroxyl groups is 1. The van der Waals surface area contributed by atoms with E-state index in [4.69, 9.17) is 4.74 Å². The number of benzene rings is 2. The SMILES string of the molecule is CCCCCCCC[N+](C)(C)CCOC(=O)C(O)(c1ccccc1)c1ccccc1.[Br-]. The van der Waals surface area contributed by atoms with Crippen LogP contribution in [0.3, 0.4) is 0 Å². The Balaban J connectivity index is 0.00000480. The van der Waals surface area contributed by atoms with Crippen LogP contribution in [0.25, 0.3) is 0 Å². The number of nitrogens with zero attached hydrogens (tertiary/aromatic N) is 1. The summed E-state index contributed by atoms with van der Waals surface area (Å²) in [5.74, 6) is -0.625. The maximum Gasteiger partial charge on any atom is 0.347 e. The minimum atomic E-state index is -1.81.